The van der Waals surface area contributed by atoms with Crippen LogP contribution in [0.2, 0.25) is 0 Å². The fourth-order valence-electron chi connectivity index (χ4n) is 1.86. The first-order valence-electron chi connectivity index (χ1n) is 4.97. The van der Waals surface area contributed by atoms with Crippen LogP contribution in [0.1, 0.15) is 38.4 Å². The molecule has 0 atom stereocenters. The fraction of sp³-hybridized carbons (Fsp3) is 0.700. The van der Waals surface area contributed by atoms with Crippen LogP contribution in [0.15, 0.2) is 17.0 Å². The summed E-state index contributed by atoms with van der Waals surface area (Å²) in [5.41, 5.74) is 0.396. The van der Waals surface area contributed by atoms with Crippen molar-refractivity contribution in [1.29, 1.82) is 0 Å². The zero-order chi connectivity index (χ0) is 9.15. The molecule has 3 heteroatoms. The maximum atomic E-state index is 5.17. The molecule has 1 aliphatic carbocycles. The molecule has 13 heavy (non-hydrogen) atoms. The van der Waals surface area contributed by atoms with Crippen LogP contribution in [0.4, 0.5) is 0 Å². The lowest BCUT2D eigenvalue weighted by atomic mass is 9.75. The summed E-state index contributed by atoms with van der Waals surface area (Å²) in [4.78, 5) is 3.89. The van der Waals surface area contributed by atoms with E-state index in [9.17, 15) is 0 Å². The number of rotatable bonds is 4. The Morgan fingerprint density at radius 2 is 2.46 bits per heavy atom. The average molecular weight is 180 g/mol. The average Bonchev–Trinajstić information content (AvgIpc) is 2.56. The minimum Gasteiger partial charge on any atom is -0.447 e. The van der Waals surface area contributed by atoms with Crippen LogP contribution in [0, 0.1) is 0 Å². The van der Waals surface area contributed by atoms with Crippen molar-refractivity contribution in [2.45, 2.75) is 44.7 Å². The molecular formula is C10H16N2O. The van der Waals surface area contributed by atoms with Gasteiger partial charge in [-0.3, -0.25) is 0 Å². The van der Waals surface area contributed by atoms with Gasteiger partial charge in [0.2, 0.25) is 0 Å². The summed E-state index contributed by atoms with van der Waals surface area (Å²) in [6, 6.07) is 0. The van der Waals surface area contributed by atoms with Crippen molar-refractivity contribution in [1.82, 2.24) is 10.3 Å². The molecular weight excluding hydrogens is 164 g/mol. The number of oxazole rings is 1. The normalized spacial score (nSPS) is 19.8. The van der Waals surface area contributed by atoms with Gasteiger partial charge in [-0.2, -0.15) is 0 Å². The van der Waals surface area contributed by atoms with Crippen LogP contribution < -0.4 is 5.32 Å². The van der Waals surface area contributed by atoms with Gasteiger partial charge < -0.3 is 9.73 Å². The van der Waals surface area contributed by atoms with E-state index in [-0.39, 0.29) is 0 Å². The summed E-state index contributed by atoms with van der Waals surface area (Å²) in [5, 5.41) is 3.55. The van der Waals surface area contributed by atoms with Gasteiger partial charge in [0.1, 0.15) is 5.76 Å². The zero-order valence-corrected chi connectivity index (χ0v) is 8.05. The van der Waals surface area contributed by atoms with Crippen molar-refractivity contribution in [3.63, 3.8) is 0 Å². The van der Waals surface area contributed by atoms with Gasteiger partial charge in [-0.1, -0.05) is 6.92 Å². The van der Waals surface area contributed by atoms with Crippen molar-refractivity contribution < 1.29 is 4.42 Å². The lowest BCUT2D eigenvalue weighted by Gasteiger charge is -2.42. The highest BCUT2D eigenvalue weighted by Crippen LogP contribution is 2.34. The van der Waals surface area contributed by atoms with Crippen molar-refractivity contribution in [2.75, 3.05) is 0 Å². The Morgan fingerprint density at radius 1 is 1.62 bits per heavy atom. The van der Waals surface area contributed by atoms with Crippen molar-refractivity contribution in [3.05, 3.63) is 18.4 Å². The summed E-state index contributed by atoms with van der Waals surface area (Å²) in [6.07, 6.45) is 8.43. The standard InChI is InChI=1S/C10H16N2O/c1-2-10(4-3-5-10)12-7-9-6-11-8-13-9/h6,8,12H,2-5,7H2,1H3. The van der Waals surface area contributed by atoms with Crippen LogP contribution in [-0.4, -0.2) is 10.5 Å². The molecule has 3 nitrogen and oxygen atoms in total. The lowest BCUT2D eigenvalue weighted by Crippen LogP contribution is -2.49. The van der Waals surface area contributed by atoms with Crippen molar-refractivity contribution in [2.24, 2.45) is 0 Å². The van der Waals surface area contributed by atoms with Crippen molar-refractivity contribution in [3.8, 4) is 0 Å². The molecule has 0 radical (unpaired) electrons. The Bertz CT molecular complexity index is 246. The molecule has 0 amide bonds. The maximum Gasteiger partial charge on any atom is 0.180 e. The first kappa shape index (κ1) is 8.75. The smallest absolute Gasteiger partial charge is 0.180 e. The molecule has 0 bridgehead atoms. The number of hydrogen-bond donors (Lipinski definition) is 1. The quantitative estimate of drug-likeness (QED) is 0.771. The number of nitrogens with one attached hydrogen (secondary N) is 1. The van der Waals surface area contributed by atoms with Crippen LogP contribution >= 0.6 is 0 Å². The third kappa shape index (κ3) is 1.75. The third-order valence-corrected chi connectivity index (χ3v) is 3.11. The molecule has 1 aliphatic rings. The summed E-state index contributed by atoms with van der Waals surface area (Å²) >= 11 is 0. The monoisotopic (exact) mass is 180 g/mol. The topological polar surface area (TPSA) is 38.1 Å². The lowest BCUT2D eigenvalue weighted by molar-refractivity contribution is 0.171. The Balaban J connectivity index is 1.84. The second-order valence-electron chi connectivity index (χ2n) is 3.81. The first-order valence-corrected chi connectivity index (χ1v) is 4.97. The molecule has 1 aromatic heterocycles. The molecule has 0 unspecified atom stereocenters. The minimum absolute atomic E-state index is 0.396. The molecule has 1 saturated carbocycles. The van der Waals surface area contributed by atoms with Gasteiger partial charge in [0.25, 0.3) is 0 Å². The van der Waals surface area contributed by atoms with E-state index in [1.807, 2.05) is 0 Å². The van der Waals surface area contributed by atoms with Gasteiger partial charge in [0.05, 0.1) is 12.7 Å². The van der Waals surface area contributed by atoms with Crippen LogP contribution in [0.25, 0.3) is 0 Å². The predicted molar refractivity (Wildman–Crippen MR) is 50.2 cm³/mol. The van der Waals surface area contributed by atoms with E-state index in [0.717, 1.165) is 12.3 Å². The van der Waals surface area contributed by atoms with E-state index in [1.165, 1.54) is 32.1 Å². The van der Waals surface area contributed by atoms with Gasteiger partial charge in [-0.05, 0) is 25.7 Å². The largest absolute Gasteiger partial charge is 0.447 e. The SMILES string of the molecule is CCC1(NCc2cnco2)CCC1. The van der Waals surface area contributed by atoms with E-state index < -0.39 is 0 Å². The molecule has 0 spiro atoms. The van der Waals surface area contributed by atoms with E-state index in [1.54, 1.807) is 6.20 Å². The number of hydrogen-bond acceptors (Lipinski definition) is 3. The zero-order valence-electron chi connectivity index (χ0n) is 8.05. The molecule has 1 N–H and O–H groups in total. The summed E-state index contributed by atoms with van der Waals surface area (Å²) in [5.74, 6) is 0.930. The third-order valence-electron chi connectivity index (χ3n) is 3.11. The van der Waals surface area contributed by atoms with Gasteiger partial charge >= 0.3 is 0 Å². The predicted octanol–water partition coefficient (Wildman–Crippen LogP) is 2.10. The minimum atomic E-state index is 0.396. The van der Waals surface area contributed by atoms with E-state index >= 15 is 0 Å². The molecule has 72 valence electrons. The highest BCUT2D eigenvalue weighted by atomic mass is 16.3. The fourth-order valence-corrected chi connectivity index (χ4v) is 1.86. The number of nitrogens with zero attached hydrogens (tertiary/aromatic N) is 1. The second kappa shape index (κ2) is 3.50. The molecule has 0 saturated heterocycles. The van der Waals surface area contributed by atoms with Crippen LogP contribution in [0.3, 0.4) is 0 Å². The molecule has 1 fully saturated rings. The maximum absolute atomic E-state index is 5.17. The molecule has 0 aliphatic heterocycles. The van der Waals surface area contributed by atoms with E-state index in [2.05, 4.69) is 17.2 Å². The highest BCUT2D eigenvalue weighted by Gasteiger charge is 2.34. The molecule has 0 aromatic carbocycles. The number of aromatic nitrogens is 1. The molecule has 1 aromatic rings. The van der Waals surface area contributed by atoms with Crippen LogP contribution in [0.5, 0.6) is 0 Å². The van der Waals surface area contributed by atoms with Gasteiger partial charge in [0.15, 0.2) is 6.39 Å². The summed E-state index contributed by atoms with van der Waals surface area (Å²) in [6.45, 7) is 3.06. The molecule has 1 heterocycles. The van der Waals surface area contributed by atoms with Gasteiger partial charge in [0, 0.05) is 5.54 Å². The van der Waals surface area contributed by atoms with Gasteiger partial charge in [-0.25, -0.2) is 4.98 Å². The Labute approximate surface area is 78.5 Å². The Morgan fingerprint density at radius 3 is 2.92 bits per heavy atom. The van der Waals surface area contributed by atoms with Crippen molar-refractivity contribution >= 4 is 0 Å². The Hall–Kier alpha value is -0.830. The summed E-state index contributed by atoms with van der Waals surface area (Å²) < 4.78 is 5.17. The van der Waals surface area contributed by atoms with E-state index in [4.69, 9.17) is 4.42 Å². The molecule has 2 rings (SSSR count). The second-order valence-corrected chi connectivity index (χ2v) is 3.81. The summed E-state index contributed by atoms with van der Waals surface area (Å²) in [7, 11) is 0. The van der Waals surface area contributed by atoms with E-state index in [0.29, 0.717) is 5.54 Å². The van der Waals surface area contributed by atoms with Gasteiger partial charge in [-0.15, -0.1) is 0 Å². The van der Waals surface area contributed by atoms with Crippen LogP contribution in [-0.2, 0) is 6.54 Å². The first-order chi connectivity index (χ1) is 6.35. The Kier molecular flexibility index (Phi) is 2.36. The highest BCUT2D eigenvalue weighted by molar-refractivity contribution is 4.97.